The van der Waals surface area contributed by atoms with E-state index in [4.69, 9.17) is 9.73 Å². The third-order valence-electron chi connectivity index (χ3n) is 5.53. The summed E-state index contributed by atoms with van der Waals surface area (Å²) in [5.41, 5.74) is 3.11. The predicted molar refractivity (Wildman–Crippen MR) is 114 cm³/mol. The molecule has 1 aromatic rings. The van der Waals surface area contributed by atoms with Crippen molar-refractivity contribution < 1.29 is 14.3 Å². The highest BCUT2D eigenvalue weighted by Gasteiger charge is 2.45. The SMILES string of the molecule is CCCCOC(=O)C1C(C)=NC2=C(C(=O)CC(C)(C)C2)[C@@H]1c1ccc(Br)cc1. The average Bonchev–Trinajstić information content (AvgIpc) is 2.60. The Kier molecular flexibility index (Phi) is 6.23. The lowest BCUT2D eigenvalue weighted by Gasteiger charge is -2.39. The topological polar surface area (TPSA) is 55.7 Å². The van der Waals surface area contributed by atoms with Gasteiger partial charge in [0.15, 0.2) is 5.78 Å². The number of aliphatic imine (C=N–C) groups is 1. The number of Topliss-reactive ketones (excluding diaryl/α,β-unsaturated/α-hetero) is 1. The zero-order chi connectivity index (χ0) is 20.5. The van der Waals surface area contributed by atoms with Crippen molar-refractivity contribution in [1.82, 2.24) is 0 Å². The van der Waals surface area contributed by atoms with Crippen LogP contribution in [0.3, 0.4) is 0 Å². The number of benzene rings is 1. The lowest BCUT2D eigenvalue weighted by Crippen LogP contribution is -2.39. The number of carbonyl (C=O) groups is 2. The third-order valence-corrected chi connectivity index (χ3v) is 6.06. The number of hydrogen-bond acceptors (Lipinski definition) is 4. The summed E-state index contributed by atoms with van der Waals surface area (Å²) in [5.74, 6) is -1.08. The first-order chi connectivity index (χ1) is 13.2. The van der Waals surface area contributed by atoms with Crippen molar-refractivity contribution >= 4 is 33.4 Å². The highest BCUT2D eigenvalue weighted by Crippen LogP contribution is 2.48. The molecule has 4 nitrogen and oxygen atoms in total. The Morgan fingerprint density at radius 3 is 2.57 bits per heavy atom. The summed E-state index contributed by atoms with van der Waals surface area (Å²) in [5, 5.41) is 0. The molecule has 0 saturated heterocycles. The summed E-state index contributed by atoms with van der Waals surface area (Å²) in [6, 6.07) is 7.87. The number of carbonyl (C=O) groups excluding carboxylic acids is 2. The fraction of sp³-hybridized carbons (Fsp3) is 0.522. The second-order valence-electron chi connectivity index (χ2n) is 8.58. The van der Waals surface area contributed by atoms with Gasteiger partial charge >= 0.3 is 5.97 Å². The van der Waals surface area contributed by atoms with Gasteiger partial charge in [-0.2, -0.15) is 0 Å². The molecule has 28 heavy (non-hydrogen) atoms. The average molecular weight is 446 g/mol. The van der Waals surface area contributed by atoms with E-state index in [9.17, 15) is 9.59 Å². The van der Waals surface area contributed by atoms with E-state index in [0.29, 0.717) is 18.6 Å². The van der Waals surface area contributed by atoms with E-state index in [1.807, 2.05) is 31.2 Å². The predicted octanol–water partition coefficient (Wildman–Crippen LogP) is 5.61. The third kappa shape index (κ3) is 4.29. The minimum Gasteiger partial charge on any atom is -0.465 e. The molecular formula is C23H28BrNO3. The molecule has 0 fully saturated rings. The van der Waals surface area contributed by atoms with Crippen molar-refractivity contribution in [1.29, 1.82) is 0 Å². The molecule has 5 heteroatoms. The maximum Gasteiger partial charge on any atom is 0.315 e. The van der Waals surface area contributed by atoms with Crippen LogP contribution in [-0.4, -0.2) is 24.1 Å². The Hall–Kier alpha value is -1.75. The smallest absolute Gasteiger partial charge is 0.315 e. The number of hydrogen-bond donors (Lipinski definition) is 0. The van der Waals surface area contributed by atoms with Crippen LogP contribution in [0.15, 0.2) is 45.0 Å². The molecule has 1 unspecified atom stereocenters. The maximum absolute atomic E-state index is 13.1. The normalized spacial score (nSPS) is 23.9. The quantitative estimate of drug-likeness (QED) is 0.437. The van der Waals surface area contributed by atoms with E-state index in [2.05, 4.69) is 36.7 Å². The van der Waals surface area contributed by atoms with Gasteiger partial charge in [0.05, 0.1) is 6.61 Å². The fourth-order valence-corrected chi connectivity index (χ4v) is 4.45. The van der Waals surface area contributed by atoms with Crippen LogP contribution in [0.4, 0.5) is 0 Å². The molecule has 1 aliphatic heterocycles. The molecule has 2 atom stereocenters. The molecule has 0 amide bonds. The fourth-order valence-electron chi connectivity index (χ4n) is 4.19. The lowest BCUT2D eigenvalue weighted by atomic mass is 9.67. The van der Waals surface area contributed by atoms with Crippen LogP contribution < -0.4 is 0 Å². The van der Waals surface area contributed by atoms with Gasteiger partial charge in [-0.25, -0.2) is 0 Å². The molecule has 150 valence electrons. The van der Waals surface area contributed by atoms with E-state index in [1.54, 1.807) is 0 Å². The zero-order valence-electron chi connectivity index (χ0n) is 17.0. The van der Waals surface area contributed by atoms with E-state index in [1.165, 1.54) is 0 Å². The van der Waals surface area contributed by atoms with Gasteiger partial charge in [-0.05, 0) is 42.9 Å². The Morgan fingerprint density at radius 1 is 1.25 bits per heavy atom. The first-order valence-electron chi connectivity index (χ1n) is 9.97. The van der Waals surface area contributed by atoms with Gasteiger partial charge in [0, 0.05) is 33.8 Å². The zero-order valence-corrected chi connectivity index (χ0v) is 18.6. The summed E-state index contributed by atoms with van der Waals surface area (Å²) in [4.78, 5) is 30.9. The van der Waals surface area contributed by atoms with Crippen LogP contribution in [0.5, 0.6) is 0 Å². The van der Waals surface area contributed by atoms with Crippen molar-refractivity contribution in [2.45, 2.75) is 59.3 Å². The minimum absolute atomic E-state index is 0.0989. The first kappa shape index (κ1) is 21.0. The van der Waals surface area contributed by atoms with Gasteiger partial charge in [0.25, 0.3) is 0 Å². The van der Waals surface area contributed by atoms with Gasteiger partial charge < -0.3 is 4.74 Å². The van der Waals surface area contributed by atoms with Crippen molar-refractivity contribution in [3.63, 3.8) is 0 Å². The van der Waals surface area contributed by atoms with Crippen LogP contribution in [0.25, 0.3) is 0 Å². The number of unbranched alkanes of at least 4 members (excludes halogenated alkanes) is 1. The van der Waals surface area contributed by atoms with Gasteiger partial charge in [0.2, 0.25) is 0 Å². The second kappa shape index (κ2) is 8.32. The molecule has 0 bridgehead atoms. The van der Waals surface area contributed by atoms with Crippen LogP contribution in [-0.2, 0) is 14.3 Å². The largest absolute Gasteiger partial charge is 0.465 e. The van der Waals surface area contributed by atoms with Crippen LogP contribution in [0.1, 0.15) is 64.9 Å². The van der Waals surface area contributed by atoms with Crippen molar-refractivity contribution in [2.75, 3.05) is 6.61 Å². The van der Waals surface area contributed by atoms with E-state index in [-0.39, 0.29) is 23.1 Å². The molecule has 2 aliphatic rings. The molecule has 0 aromatic heterocycles. The number of rotatable bonds is 5. The number of ketones is 1. The lowest BCUT2D eigenvalue weighted by molar-refractivity contribution is -0.146. The summed E-state index contributed by atoms with van der Waals surface area (Å²) in [7, 11) is 0. The molecule has 3 rings (SSSR count). The maximum atomic E-state index is 13.1. The first-order valence-corrected chi connectivity index (χ1v) is 10.8. The summed E-state index contributed by atoms with van der Waals surface area (Å²) in [6.45, 7) is 8.54. The molecular weight excluding hydrogens is 418 g/mol. The molecule has 0 radical (unpaired) electrons. The van der Waals surface area contributed by atoms with Crippen molar-refractivity contribution in [2.24, 2.45) is 16.3 Å². The Balaban J connectivity index is 2.06. The van der Waals surface area contributed by atoms with Gasteiger partial charge in [-0.15, -0.1) is 0 Å². The molecule has 1 aliphatic carbocycles. The van der Waals surface area contributed by atoms with E-state index in [0.717, 1.165) is 40.7 Å². The highest BCUT2D eigenvalue weighted by atomic mass is 79.9. The standard InChI is InChI=1S/C23H28BrNO3/c1-5-6-11-28-22(27)19-14(2)25-17-12-23(3,4)13-18(26)21(17)20(19)15-7-9-16(24)10-8-15/h7-10,19-20H,5-6,11-13H2,1-4H3/t19?,20-/m1/s1. The number of nitrogens with zero attached hydrogens (tertiary/aromatic N) is 1. The summed E-state index contributed by atoms with van der Waals surface area (Å²) >= 11 is 3.47. The monoisotopic (exact) mass is 445 g/mol. The van der Waals surface area contributed by atoms with Gasteiger partial charge in [-0.3, -0.25) is 14.6 Å². The molecule has 1 heterocycles. The molecule has 0 saturated carbocycles. The second-order valence-corrected chi connectivity index (χ2v) is 9.50. The van der Waals surface area contributed by atoms with Crippen molar-refractivity contribution in [3.05, 3.63) is 45.6 Å². The number of ether oxygens (including phenoxy) is 1. The Morgan fingerprint density at radius 2 is 1.93 bits per heavy atom. The Bertz CT molecular complexity index is 836. The van der Waals surface area contributed by atoms with Gasteiger partial charge in [-0.1, -0.05) is 55.3 Å². The van der Waals surface area contributed by atoms with E-state index < -0.39 is 5.92 Å². The number of allylic oxidation sites excluding steroid dienone is 2. The van der Waals surface area contributed by atoms with Crippen LogP contribution in [0.2, 0.25) is 0 Å². The minimum atomic E-state index is -0.554. The number of esters is 1. The summed E-state index contributed by atoms with van der Waals surface area (Å²) in [6.07, 6.45) is 3.02. The van der Waals surface area contributed by atoms with E-state index >= 15 is 0 Å². The highest BCUT2D eigenvalue weighted by molar-refractivity contribution is 9.10. The Labute approximate surface area is 175 Å². The van der Waals surface area contributed by atoms with Crippen LogP contribution in [0, 0.1) is 11.3 Å². The van der Waals surface area contributed by atoms with Gasteiger partial charge in [0.1, 0.15) is 5.92 Å². The van der Waals surface area contributed by atoms with Crippen LogP contribution >= 0.6 is 15.9 Å². The summed E-state index contributed by atoms with van der Waals surface area (Å²) < 4.78 is 6.52. The molecule has 0 spiro atoms. The molecule has 0 N–H and O–H groups in total. The van der Waals surface area contributed by atoms with Crippen molar-refractivity contribution in [3.8, 4) is 0 Å². The molecule has 1 aromatic carbocycles. The number of halogens is 1.